The summed E-state index contributed by atoms with van der Waals surface area (Å²) in [5, 5.41) is 6.46. The number of pyridine rings is 1. The van der Waals surface area contributed by atoms with Crippen LogP contribution in [0.25, 0.3) is 11.4 Å². The highest BCUT2D eigenvalue weighted by Gasteiger charge is 2.10. The Bertz CT molecular complexity index is 911. The van der Waals surface area contributed by atoms with Crippen LogP contribution in [0.1, 0.15) is 24.2 Å². The fourth-order valence-electron chi connectivity index (χ4n) is 2.43. The highest BCUT2D eigenvalue weighted by molar-refractivity contribution is 5.89. The van der Waals surface area contributed by atoms with E-state index in [-0.39, 0.29) is 12.0 Å². The smallest absolute Gasteiger partial charge is 0.337 e. The number of nitrogens with one attached hydrogen (secondary N) is 2. The third kappa shape index (κ3) is 4.78. The number of aromatic nitrogens is 3. The van der Waals surface area contributed by atoms with Gasteiger partial charge in [0.15, 0.2) is 0 Å². The normalized spacial score (nSPS) is 10.5. The molecule has 2 heterocycles. The Morgan fingerprint density at radius 1 is 1.04 bits per heavy atom. The molecule has 0 bridgehead atoms. The third-order valence-electron chi connectivity index (χ3n) is 3.65. The van der Waals surface area contributed by atoms with Crippen LogP contribution >= 0.6 is 0 Å². The van der Waals surface area contributed by atoms with Crippen molar-refractivity contribution in [1.29, 1.82) is 0 Å². The van der Waals surface area contributed by atoms with Crippen LogP contribution in [-0.4, -0.2) is 34.1 Å². The molecular weight excluding hydrogens is 342 g/mol. The number of anilines is 3. The van der Waals surface area contributed by atoms with Crippen LogP contribution in [-0.2, 0) is 4.74 Å². The Morgan fingerprint density at radius 2 is 1.81 bits per heavy atom. The SMILES string of the molecule is COC(=O)c1ccc(Nc2cc(-c3ccccn3)nc(NC(C)C)n2)cc1. The van der Waals surface area contributed by atoms with Crippen molar-refractivity contribution < 1.29 is 9.53 Å². The zero-order valence-corrected chi connectivity index (χ0v) is 15.4. The van der Waals surface area contributed by atoms with E-state index in [0.717, 1.165) is 11.4 Å². The molecule has 0 spiro atoms. The van der Waals surface area contributed by atoms with Crippen LogP contribution in [0, 0.1) is 0 Å². The average molecular weight is 363 g/mol. The Balaban J connectivity index is 1.90. The van der Waals surface area contributed by atoms with Crippen LogP contribution in [0.4, 0.5) is 17.5 Å². The van der Waals surface area contributed by atoms with E-state index >= 15 is 0 Å². The van der Waals surface area contributed by atoms with Gasteiger partial charge in [0.25, 0.3) is 0 Å². The van der Waals surface area contributed by atoms with Gasteiger partial charge in [-0.3, -0.25) is 4.98 Å². The second-order valence-corrected chi connectivity index (χ2v) is 6.17. The minimum Gasteiger partial charge on any atom is -0.465 e. The van der Waals surface area contributed by atoms with Crippen LogP contribution in [0.3, 0.4) is 0 Å². The van der Waals surface area contributed by atoms with E-state index in [2.05, 4.69) is 25.6 Å². The summed E-state index contributed by atoms with van der Waals surface area (Å²) >= 11 is 0. The number of carbonyl (C=O) groups excluding carboxylic acids is 1. The summed E-state index contributed by atoms with van der Waals surface area (Å²) in [6.45, 7) is 4.05. The van der Waals surface area contributed by atoms with Gasteiger partial charge in [0.2, 0.25) is 5.95 Å². The molecule has 0 atom stereocenters. The molecule has 2 N–H and O–H groups in total. The Kier molecular flexibility index (Phi) is 5.61. The zero-order chi connectivity index (χ0) is 19.2. The third-order valence-corrected chi connectivity index (χ3v) is 3.65. The van der Waals surface area contributed by atoms with Crippen molar-refractivity contribution in [3.63, 3.8) is 0 Å². The van der Waals surface area contributed by atoms with E-state index in [1.807, 2.05) is 38.1 Å². The molecule has 0 radical (unpaired) electrons. The average Bonchev–Trinajstić information content (AvgIpc) is 2.68. The highest BCUT2D eigenvalue weighted by atomic mass is 16.5. The number of esters is 1. The highest BCUT2D eigenvalue weighted by Crippen LogP contribution is 2.23. The molecule has 0 saturated carbocycles. The van der Waals surface area contributed by atoms with Crippen molar-refractivity contribution >= 4 is 23.4 Å². The summed E-state index contributed by atoms with van der Waals surface area (Å²) in [6, 6.07) is 14.7. The van der Waals surface area contributed by atoms with E-state index in [1.165, 1.54) is 7.11 Å². The first-order valence-electron chi connectivity index (χ1n) is 8.57. The molecule has 3 rings (SSSR count). The lowest BCUT2D eigenvalue weighted by molar-refractivity contribution is 0.0601. The number of nitrogens with zero attached hydrogens (tertiary/aromatic N) is 3. The van der Waals surface area contributed by atoms with Gasteiger partial charge >= 0.3 is 5.97 Å². The van der Waals surface area contributed by atoms with Gasteiger partial charge in [0, 0.05) is 24.0 Å². The first-order valence-corrected chi connectivity index (χ1v) is 8.57. The fraction of sp³-hybridized carbons (Fsp3) is 0.200. The summed E-state index contributed by atoms with van der Waals surface area (Å²) in [5.74, 6) is 0.769. The lowest BCUT2D eigenvalue weighted by Gasteiger charge is -2.13. The second-order valence-electron chi connectivity index (χ2n) is 6.17. The number of hydrogen-bond donors (Lipinski definition) is 2. The minimum atomic E-state index is -0.371. The van der Waals surface area contributed by atoms with Gasteiger partial charge in [-0.05, 0) is 50.2 Å². The van der Waals surface area contributed by atoms with Gasteiger partial charge in [-0.1, -0.05) is 6.07 Å². The van der Waals surface area contributed by atoms with Crippen molar-refractivity contribution in [3.8, 4) is 11.4 Å². The van der Waals surface area contributed by atoms with E-state index in [0.29, 0.717) is 23.0 Å². The number of hydrogen-bond acceptors (Lipinski definition) is 7. The van der Waals surface area contributed by atoms with Gasteiger partial charge in [0.1, 0.15) is 5.82 Å². The first kappa shape index (κ1) is 18.3. The molecule has 7 nitrogen and oxygen atoms in total. The molecule has 0 aliphatic carbocycles. The van der Waals surface area contributed by atoms with Gasteiger partial charge in [-0.25, -0.2) is 9.78 Å². The second kappa shape index (κ2) is 8.27. The van der Waals surface area contributed by atoms with Crippen molar-refractivity contribution in [1.82, 2.24) is 15.0 Å². The van der Waals surface area contributed by atoms with Crippen LogP contribution in [0.15, 0.2) is 54.7 Å². The predicted molar refractivity (Wildman–Crippen MR) is 105 cm³/mol. The molecule has 7 heteroatoms. The quantitative estimate of drug-likeness (QED) is 0.642. The molecule has 0 aliphatic rings. The maximum Gasteiger partial charge on any atom is 0.337 e. The van der Waals surface area contributed by atoms with Gasteiger partial charge in [0.05, 0.1) is 24.1 Å². The fourth-order valence-corrected chi connectivity index (χ4v) is 2.43. The van der Waals surface area contributed by atoms with E-state index in [1.54, 1.807) is 30.5 Å². The maximum atomic E-state index is 11.6. The summed E-state index contributed by atoms with van der Waals surface area (Å²) in [7, 11) is 1.36. The molecule has 2 aromatic heterocycles. The Hall–Kier alpha value is -3.48. The molecule has 3 aromatic rings. The molecule has 0 aliphatic heterocycles. The monoisotopic (exact) mass is 363 g/mol. The van der Waals surface area contributed by atoms with Crippen molar-refractivity contribution in [2.45, 2.75) is 19.9 Å². The van der Waals surface area contributed by atoms with Gasteiger partial charge in [-0.15, -0.1) is 0 Å². The largest absolute Gasteiger partial charge is 0.465 e. The molecule has 0 saturated heterocycles. The van der Waals surface area contributed by atoms with Gasteiger partial charge in [-0.2, -0.15) is 4.98 Å². The van der Waals surface area contributed by atoms with E-state index < -0.39 is 0 Å². The van der Waals surface area contributed by atoms with E-state index in [4.69, 9.17) is 4.74 Å². The molecular formula is C20H21N5O2. The molecule has 1 aromatic carbocycles. The van der Waals surface area contributed by atoms with Crippen LogP contribution in [0.5, 0.6) is 0 Å². The number of methoxy groups -OCH3 is 1. The lowest BCUT2D eigenvalue weighted by Crippen LogP contribution is -2.13. The van der Waals surface area contributed by atoms with Crippen molar-refractivity contribution in [2.75, 3.05) is 17.7 Å². The van der Waals surface area contributed by atoms with Gasteiger partial charge < -0.3 is 15.4 Å². The summed E-state index contributed by atoms with van der Waals surface area (Å²) < 4.78 is 4.72. The molecule has 138 valence electrons. The van der Waals surface area contributed by atoms with Crippen molar-refractivity contribution in [3.05, 3.63) is 60.3 Å². The Morgan fingerprint density at radius 3 is 2.44 bits per heavy atom. The number of carbonyl (C=O) groups is 1. The summed E-state index contributed by atoms with van der Waals surface area (Å²) in [5.41, 5.74) is 2.75. The van der Waals surface area contributed by atoms with Crippen LogP contribution < -0.4 is 10.6 Å². The standard InChI is InChI=1S/C20H21N5O2/c1-13(2)22-20-24-17(16-6-4-5-11-21-16)12-18(25-20)23-15-9-7-14(8-10-15)19(26)27-3/h4-13H,1-3H3,(H2,22,23,24,25). The first-order chi connectivity index (χ1) is 13.0. The van der Waals surface area contributed by atoms with Crippen LogP contribution in [0.2, 0.25) is 0 Å². The topological polar surface area (TPSA) is 89.0 Å². The number of rotatable bonds is 6. The Labute approximate surface area is 157 Å². The molecule has 0 unspecified atom stereocenters. The zero-order valence-electron chi connectivity index (χ0n) is 15.4. The summed E-state index contributed by atoms with van der Waals surface area (Å²) in [6.07, 6.45) is 1.73. The number of benzene rings is 1. The minimum absolute atomic E-state index is 0.191. The summed E-state index contributed by atoms with van der Waals surface area (Å²) in [4.78, 5) is 25.0. The van der Waals surface area contributed by atoms with E-state index in [9.17, 15) is 4.79 Å². The lowest BCUT2D eigenvalue weighted by atomic mass is 10.2. The predicted octanol–water partition coefficient (Wildman–Crippen LogP) is 3.89. The molecule has 0 amide bonds. The molecule has 27 heavy (non-hydrogen) atoms. The number of ether oxygens (including phenoxy) is 1. The molecule has 0 fully saturated rings. The maximum absolute atomic E-state index is 11.6. The van der Waals surface area contributed by atoms with Crippen molar-refractivity contribution in [2.24, 2.45) is 0 Å².